The van der Waals surface area contributed by atoms with Gasteiger partial charge in [-0.3, -0.25) is 0 Å². The highest BCUT2D eigenvalue weighted by Crippen LogP contribution is 2.34. The highest BCUT2D eigenvalue weighted by Gasteiger charge is 2.37. The topological polar surface area (TPSA) is 70.8 Å². The molecule has 20 heavy (non-hydrogen) atoms. The summed E-state index contributed by atoms with van der Waals surface area (Å²) in [5.41, 5.74) is -1.64. The van der Waals surface area contributed by atoms with E-state index in [0.717, 1.165) is 12.8 Å². The van der Waals surface area contributed by atoms with Crippen LogP contribution < -0.4 is 0 Å². The molecule has 1 heterocycles. The predicted octanol–water partition coefficient (Wildman–Crippen LogP) is 2.69. The summed E-state index contributed by atoms with van der Waals surface area (Å²) in [7, 11) is -3.95. The SMILES string of the molecule is N#Cc1ncc(C(F)(F)F)cc1S(=O)(=O)C1CCCC1. The minimum absolute atomic E-state index is 0.406. The number of hydrogen-bond acceptors (Lipinski definition) is 4. The van der Waals surface area contributed by atoms with Gasteiger partial charge in [-0.1, -0.05) is 12.8 Å². The number of sulfone groups is 1. The first kappa shape index (κ1) is 14.8. The molecule has 0 N–H and O–H groups in total. The zero-order valence-electron chi connectivity index (χ0n) is 10.3. The Bertz CT molecular complexity index is 656. The van der Waals surface area contributed by atoms with Gasteiger partial charge >= 0.3 is 6.18 Å². The van der Waals surface area contributed by atoms with Gasteiger partial charge in [0.2, 0.25) is 0 Å². The molecule has 1 aliphatic carbocycles. The largest absolute Gasteiger partial charge is 0.417 e. The highest BCUT2D eigenvalue weighted by molar-refractivity contribution is 7.92. The van der Waals surface area contributed by atoms with E-state index >= 15 is 0 Å². The summed E-state index contributed by atoms with van der Waals surface area (Å²) in [5, 5.41) is 8.14. The predicted molar refractivity (Wildman–Crippen MR) is 63.4 cm³/mol. The van der Waals surface area contributed by atoms with E-state index in [-0.39, 0.29) is 0 Å². The number of alkyl halides is 3. The Morgan fingerprint density at radius 3 is 2.40 bits per heavy atom. The van der Waals surface area contributed by atoms with Crippen molar-refractivity contribution in [1.82, 2.24) is 4.98 Å². The van der Waals surface area contributed by atoms with Crippen LogP contribution in [-0.4, -0.2) is 18.7 Å². The molecule has 0 aromatic carbocycles. The molecule has 0 bridgehead atoms. The zero-order valence-corrected chi connectivity index (χ0v) is 11.1. The van der Waals surface area contributed by atoms with Gasteiger partial charge in [-0.25, -0.2) is 13.4 Å². The van der Waals surface area contributed by atoms with Gasteiger partial charge < -0.3 is 0 Å². The van der Waals surface area contributed by atoms with Crippen LogP contribution in [0.1, 0.15) is 36.9 Å². The molecule has 0 aliphatic heterocycles. The second kappa shape index (κ2) is 5.05. The Hall–Kier alpha value is -1.62. The summed E-state index contributed by atoms with van der Waals surface area (Å²) in [5.74, 6) is 0. The third-order valence-corrected chi connectivity index (χ3v) is 5.61. The number of rotatable bonds is 2. The fourth-order valence-electron chi connectivity index (χ4n) is 2.28. The second-order valence-corrected chi connectivity index (χ2v) is 6.83. The maximum absolute atomic E-state index is 12.7. The van der Waals surface area contributed by atoms with Crippen molar-refractivity contribution in [2.75, 3.05) is 0 Å². The Morgan fingerprint density at radius 2 is 1.90 bits per heavy atom. The first-order valence-corrected chi connectivity index (χ1v) is 7.52. The molecule has 1 aromatic heterocycles. The van der Waals surface area contributed by atoms with Crippen molar-refractivity contribution in [3.05, 3.63) is 23.5 Å². The first-order valence-electron chi connectivity index (χ1n) is 5.98. The van der Waals surface area contributed by atoms with E-state index in [1.54, 1.807) is 6.07 Å². The van der Waals surface area contributed by atoms with Crippen LogP contribution >= 0.6 is 0 Å². The second-order valence-electron chi connectivity index (χ2n) is 4.63. The van der Waals surface area contributed by atoms with Crippen LogP contribution in [0.25, 0.3) is 0 Å². The van der Waals surface area contributed by atoms with Crippen LogP contribution in [0.4, 0.5) is 13.2 Å². The van der Waals surface area contributed by atoms with Gasteiger partial charge in [0, 0.05) is 6.20 Å². The molecule has 4 nitrogen and oxygen atoms in total. The molecular formula is C12H11F3N2O2S. The van der Waals surface area contributed by atoms with Crippen LogP contribution in [0.2, 0.25) is 0 Å². The molecule has 0 radical (unpaired) electrons. The lowest BCUT2D eigenvalue weighted by Gasteiger charge is -2.14. The number of hydrogen-bond donors (Lipinski definition) is 0. The van der Waals surface area contributed by atoms with Crippen molar-refractivity contribution in [2.24, 2.45) is 0 Å². The molecule has 0 saturated heterocycles. The van der Waals surface area contributed by atoms with Gasteiger partial charge in [0.25, 0.3) is 0 Å². The zero-order chi connectivity index (χ0) is 15.0. The van der Waals surface area contributed by atoms with E-state index in [1.807, 2.05) is 0 Å². The van der Waals surface area contributed by atoms with Gasteiger partial charge in [-0.05, 0) is 18.9 Å². The third kappa shape index (κ3) is 2.63. The lowest BCUT2D eigenvalue weighted by Crippen LogP contribution is -2.20. The molecule has 1 aromatic rings. The molecule has 108 valence electrons. The van der Waals surface area contributed by atoms with Crippen molar-refractivity contribution >= 4 is 9.84 Å². The smallest absolute Gasteiger partial charge is 0.244 e. The minimum atomic E-state index is -4.69. The fourth-order valence-corrected chi connectivity index (χ4v) is 4.25. The molecule has 0 atom stereocenters. The standard InChI is InChI=1S/C12H11F3N2O2S/c13-12(14,15)8-5-11(10(6-16)17-7-8)20(18,19)9-3-1-2-4-9/h5,7,9H,1-4H2. The molecule has 1 saturated carbocycles. The van der Waals surface area contributed by atoms with Crippen LogP contribution in [0.15, 0.2) is 17.2 Å². The molecular weight excluding hydrogens is 293 g/mol. The van der Waals surface area contributed by atoms with Gasteiger partial charge in [0.1, 0.15) is 11.0 Å². The van der Waals surface area contributed by atoms with Crippen molar-refractivity contribution in [3.63, 3.8) is 0 Å². The number of aromatic nitrogens is 1. The fraction of sp³-hybridized carbons (Fsp3) is 0.500. The van der Waals surface area contributed by atoms with Crippen LogP contribution in [-0.2, 0) is 16.0 Å². The van der Waals surface area contributed by atoms with Crippen LogP contribution in [0.3, 0.4) is 0 Å². The lowest BCUT2D eigenvalue weighted by atomic mass is 10.2. The molecule has 2 rings (SSSR count). The number of nitriles is 1. The van der Waals surface area contributed by atoms with E-state index in [2.05, 4.69) is 4.98 Å². The van der Waals surface area contributed by atoms with Crippen molar-refractivity contribution < 1.29 is 21.6 Å². The Labute approximate surface area is 114 Å². The van der Waals surface area contributed by atoms with Crippen molar-refractivity contribution in [2.45, 2.75) is 42.0 Å². The van der Waals surface area contributed by atoms with Gasteiger partial charge in [0.05, 0.1) is 10.8 Å². The number of pyridine rings is 1. The average molecular weight is 304 g/mol. The summed E-state index contributed by atoms with van der Waals surface area (Å²) in [6, 6.07) is 2.06. The van der Waals surface area contributed by atoms with Crippen molar-refractivity contribution in [1.29, 1.82) is 5.26 Å². The molecule has 1 aliphatic rings. The van der Waals surface area contributed by atoms with Gasteiger partial charge in [-0.15, -0.1) is 0 Å². The van der Waals surface area contributed by atoms with E-state index < -0.39 is 37.4 Å². The molecule has 0 spiro atoms. The Kier molecular flexibility index (Phi) is 3.73. The van der Waals surface area contributed by atoms with Gasteiger partial charge in [0.15, 0.2) is 15.5 Å². The summed E-state index contributed by atoms with van der Waals surface area (Å²) in [6.45, 7) is 0. The van der Waals surface area contributed by atoms with E-state index in [4.69, 9.17) is 5.26 Å². The monoisotopic (exact) mass is 304 g/mol. The molecule has 0 amide bonds. The first-order chi connectivity index (χ1) is 9.26. The third-order valence-electron chi connectivity index (χ3n) is 3.33. The quantitative estimate of drug-likeness (QED) is 0.842. The normalized spacial score (nSPS) is 17.1. The minimum Gasteiger partial charge on any atom is -0.244 e. The molecule has 0 unspecified atom stereocenters. The molecule has 8 heteroatoms. The summed E-state index contributed by atoms with van der Waals surface area (Å²) in [6.07, 6.45) is -1.96. The molecule has 1 fully saturated rings. The maximum Gasteiger partial charge on any atom is 0.417 e. The summed E-state index contributed by atoms with van der Waals surface area (Å²) in [4.78, 5) is 2.73. The Balaban J connectivity index is 2.57. The maximum atomic E-state index is 12.7. The van der Waals surface area contributed by atoms with Crippen molar-refractivity contribution in [3.8, 4) is 6.07 Å². The summed E-state index contributed by atoms with van der Waals surface area (Å²) < 4.78 is 62.6. The van der Waals surface area contributed by atoms with Crippen LogP contribution in [0.5, 0.6) is 0 Å². The Morgan fingerprint density at radius 1 is 1.30 bits per heavy atom. The van der Waals surface area contributed by atoms with E-state index in [0.29, 0.717) is 25.1 Å². The summed E-state index contributed by atoms with van der Waals surface area (Å²) >= 11 is 0. The number of nitrogens with zero attached hydrogens (tertiary/aromatic N) is 2. The van der Waals surface area contributed by atoms with Gasteiger partial charge in [-0.2, -0.15) is 18.4 Å². The van der Waals surface area contributed by atoms with E-state index in [1.165, 1.54) is 0 Å². The lowest BCUT2D eigenvalue weighted by molar-refractivity contribution is -0.138. The van der Waals surface area contributed by atoms with E-state index in [9.17, 15) is 21.6 Å². The highest BCUT2D eigenvalue weighted by atomic mass is 32.2. The number of halogens is 3. The average Bonchev–Trinajstić information content (AvgIpc) is 2.91. The van der Waals surface area contributed by atoms with Crippen LogP contribution in [0, 0.1) is 11.3 Å².